The van der Waals surface area contributed by atoms with Gasteiger partial charge >= 0.3 is 0 Å². The second-order valence-corrected chi connectivity index (χ2v) is 6.88. The monoisotopic (exact) mass is 381 g/mol. The van der Waals surface area contributed by atoms with E-state index in [1.54, 1.807) is 6.21 Å². The molecule has 0 aliphatic heterocycles. The fraction of sp³-hybridized carbons (Fsp3) is 0.391. The molecule has 5 heteroatoms. The lowest BCUT2D eigenvalue weighted by molar-refractivity contribution is -0.123. The zero-order valence-electron chi connectivity index (χ0n) is 17.4. The van der Waals surface area contributed by atoms with E-state index in [1.165, 1.54) is 5.69 Å². The maximum Gasteiger partial charge on any atom is 0.277 e. The molecule has 0 atom stereocenters. The third-order valence-electron chi connectivity index (χ3n) is 4.40. The number of hydrazone groups is 1. The topological polar surface area (TPSA) is 53.9 Å². The Morgan fingerprint density at radius 2 is 1.64 bits per heavy atom. The molecule has 0 saturated heterocycles. The zero-order valence-corrected chi connectivity index (χ0v) is 17.4. The maximum absolute atomic E-state index is 12.0. The standard InChI is InChI=1S/C23H31N3O2/c1-5-14-26(15-6-2)21-12-10-20(11-13-21)16-24-25-22(27)17-28-23-18(3)8-7-9-19(23)4/h7-13,16H,5-6,14-15,17H2,1-4H3,(H,25,27)/b24-16-. The third kappa shape index (κ3) is 6.41. The first-order chi connectivity index (χ1) is 13.5. The predicted octanol–water partition coefficient (Wildman–Crippen LogP) is 4.46. The summed E-state index contributed by atoms with van der Waals surface area (Å²) in [5, 5.41) is 4.03. The molecule has 1 N–H and O–H groups in total. The van der Waals surface area contributed by atoms with Crippen LogP contribution in [0, 0.1) is 13.8 Å². The minimum Gasteiger partial charge on any atom is -0.483 e. The van der Waals surface area contributed by atoms with Crippen molar-refractivity contribution in [3.8, 4) is 5.75 Å². The number of anilines is 1. The van der Waals surface area contributed by atoms with Gasteiger partial charge in [0, 0.05) is 18.8 Å². The van der Waals surface area contributed by atoms with Crippen LogP contribution in [-0.4, -0.2) is 31.8 Å². The largest absolute Gasteiger partial charge is 0.483 e. The van der Waals surface area contributed by atoms with Crippen LogP contribution in [0.4, 0.5) is 5.69 Å². The van der Waals surface area contributed by atoms with Crippen LogP contribution in [0.25, 0.3) is 0 Å². The van der Waals surface area contributed by atoms with Crippen LogP contribution in [0.3, 0.4) is 0 Å². The molecule has 0 bridgehead atoms. The van der Waals surface area contributed by atoms with Crippen molar-refractivity contribution < 1.29 is 9.53 Å². The summed E-state index contributed by atoms with van der Waals surface area (Å²) in [6.45, 7) is 10.3. The van der Waals surface area contributed by atoms with E-state index in [2.05, 4.69) is 41.4 Å². The summed E-state index contributed by atoms with van der Waals surface area (Å²) in [7, 11) is 0. The number of aryl methyl sites for hydroxylation is 2. The average molecular weight is 382 g/mol. The molecule has 0 spiro atoms. The Hall–Kier alpha value is -2.82. The van der Waals surface area contributed by atoms with E-state index in [9.17, 15) is 4.79 Å². The summed E-state index contributed by atoms with van der Waals surface area (Å²) < 4.78 is 5.63. The summed E-state index contributed by atoms with van der Waals surface area (Å²) in [4.78, 5) is 14.3. The highest BCUT2D eigenvalue weighted by atomic mass is 16.5. The molecule has 150 valence electrons. The molecule has 0 unspecified atom stereocenters. The van der Waals surface area contributed by atoms with Gasteiger partial charge in [0.05, 0.1) is 6.21 Å². The molecule has 0 heterocycles. The fourth-order valence-electron chi connectivity index (χ4n) is 3.06. The van der Waals surface area contributed by atoms with Crippen molar-refractivity contribution in [3.05, 3.63) is 59.2 Å². The van der Waals surface area contributed by atoms with E-state index in [1.807, 2.05) is 44.2 Å². The van der Waals surface area contributed by atoms with Gasteiger partial charge in [-0.15, -0.1) is 0 Å². The van der Waals surface area contributed by atoms with Gasteiger partial charge < -0.3 is 9.64 Å². The van der Waals surface area contributed by atoms with Gasteiger partial charge in [-0.05, 0) is 55.5 Å². The number of rotatable bonds is 10. The van der Waals surface area contributed by atoms with Gasteiger partial charge in [0.1, 0.15) is 5.75 Å². The van der Waals surface area contributed by atoms with E-state index >= 15 is 0 Å². The number of amides is 1. The fourth-order valence-corrected chi connectivity index (χ4v) is 3.06. The van der Waals surface area contributed by atoms with E-state index in [4.69, 9.17) is 4.74 Å². The van der Waals surface area contributed by atoms with E-state index in [0.29, 0.717) is 0 Å². The number of para-hydroxylation sites is 1. The summed E-state index contributed by atoms with van der Waals surface area (Å²) in [5.41, 5.74) is 6.69. The smallest absolute Gasteiger partial charge is 0.277 e. The quantitative estimate of drug-likeness (QED) is 0.488. The predicted molar refractivity (Wildman–Crippen MR) is 116 cm³/mol. The van der Waals surface area contributed by atoms with Gasteiger partial charge in [-0.25, -0.2) is 5.43 Å². The molecule has 0 fully saturated rings. The molecular formula is C23H31N3O2. The summed E-state index contributed by atoms with van der Waals surface area (Å²) >= 11 is 0. The number of hydrogen-bond donors (Lipinski definition) is 1. The highest BCUT2D eigenvalue weighted by Gasteiger charge is 2.07. The molecule has 1 amide bonds. The molecule has 0 saturated carbocycles. The third-order valence-corrected chi connectivity index (χ3v) is 4.40. The minimum absolute atomic E-state index is 0.0645. The van der Waals surface area contributed by atoms with Crippen molar-refractivity contribution in [2.45, 2.75) is 40.5 Å². The lowest BCUT2D eigenvalue weighted by Crippen LogP contribution is -2.25. The summed E-state index contributed by atoms with van der Waals surface area (Å²) in [5.74, 6) is 0.466. The van der Waals surface area contributed by atoms with Crippen LogP contribution in [0.5, 0.6) is 5.75 Å². The van der Waals surface area contributed by atoms with Gasteiger partial charge in [-0.1, -0.05) is 44.2 Å². The van der Waals surface area contributed by atoms with Crippen LogP contribution in [0.1, 0.15) is 43.4 Å². The van der Waals surface area contributed by atoms with Crippen molar-refractivity contribution in [1.82, 2.24) is 5.43 Å². The molecule has 0 aliphatic carbocycles. The van der Waals surface area contributed by atoms with Crippen molar-refractivity contribution in [2.24, 2.45) is 5.10 Å². The Labute approximate surface area is 168 Å². The van der Waals surface area contributed by atoms with E-state index in [-0.39, 0.29) is 12.5 Å². The van der Waals surface area contributed by atoms with E-state index in [0.717, 1.165) is 48.4 Å². The second kappa shape index (κ2) is 11.1. The minimum atomic E-state index is -0.285. The van der Waals surface area contributed by atoms with E-state index < -0.39 is 0 Å². The highest BCUT2D eigenvalue weighted by Crippen LogP contribution is 2.22. The van der Waals surface area contributed by atoms with Gasteiger partial charge in [0.15, 0.2) is 6.61 Å². The SMILES string of the molecule is CCCN(CCC)c1ccc(/C=N\NC(=O)COc2c(C)cccc2C)cc1. The van der Waals surface area contributed by atoms with Crippen molar-refractivity contribution >= 4 is 17.8 Å². The summed E-state index contributed by atoms with van der Waals surface area (Å²) in [6, 6.07) is 14.1. The number of nitrogens with zero attached hydrogens (tertiary/aromatic N) is 2. The first kappa shape index (κ1) is 21.5. The molecule has 0 radical (unpaired) electrons. The molecule has 28 heavy (non-hydrogen) atoms. The maximum atomic E-state index is 12.0. The highest BCUT2D eigenvalue weighted by molar-refractivity contribution is 5.83. The van der Waals surface area contributed by atoms with Crippen LogP contribution in [0.15, 0.2) is 47.6 Å². The lowest BCUT2D eigenvalue weighted by atomic mass is 10.1. The first-order valence-corrected chi connectivity index (χ1v) is 9.91. The number of nitrogens with one attached hydrogen (secondary N) is 1. The van der Waals surface area contributed by atoms with Crippen molar-refractivity contribution in [2.75, 3.05) is 24.6 Å². The Balaban J connectivity index is 1.85. The Kier molecular flexibility index (Phi) is 8.53. The van der Waals surface area contributed by atoms with Crippen molar-refractivity contribution in [1.29, 1.82) is 0 Å². The molecule has 0 aromatic heterocycles. The number of hydrogen-bond acceptors (Lipinski definition) is 4. The van der Waals surface area contributed by atoms with Crippen LogP contribution < -0.4 is 15.1 Å². The van der Waals surface area contributed by atoms with Gasteiger partial charge in [-0.2, -0.15) is 5.10 Å². The Morgan fingerprint density at radius 3 is 2.21 bits per heavy atom. The normalized spacial score (nSPS) is 10.9. The zero-order chi connectivity index (χ0) is 20.4. The molecular weight excluding hydrogens is 350 g/mol. The number of ether oxygens (including phenoxy) is 1. The molecule has 5 nitrogen and oxygen atoms in total. The Morgan fingerprint density at radius 1 is 1.04 bits per heavy atom. The van der Waals surface area contributed by atoms with Crippen LogP contribution >= 0.6 is 0 Å². The second-order valence-electron chi connectivity index (χ2n) is 6.88. The summed E-state index contributed by atoms with van der Waals surface area (Å²) in [6.07, 6.45) is 3.89. The molecule has 2 rings (SSSR count). The number of benzene rings is 2. The van der Waals surface area contributed by atoms with Crippen molar-refractivity contribution in [3.63, 3.8) is 0 Å². The Bertz CT molecular complexity index is 759. The van der Waals surface area contributed by atoms with Crippen LogP contribution in [-0.2, 0) is 4.79 Å². The average Bonchev–Trinajstić information content (AvgIpc) is 2.68. The first-order valence-electron chi connectivity index (χ1n) is 9.91. The van der Waals surface area contributed by atoms with Crippen LogP contribution in [0.2, 0.25) is 0 Å². The lowest BCUT2D eigenvalue weighted by Gasteiger charge is -2.23. The van der Waals surface area contributed by atoms with Gasteiger partial charge in [0.2, 0.25) is 0 Å². The number of carbonyl (C=O) groups excluding carboxylic acids is 1. The number of carbonyl (C=O) groups is 1. The van der Waals surface area contributed by atoms with Gasteiger partial charge in [-0.3, -0.25) is 4.79 Å². The molecule has 2 aromatic carbocycles. The molecule has 2 aromatic rings. The van der Waals surface area contributed by atoms with Gasteiger partial charge in [0.25, 0.3) is 5.91 Å². The molecule has 0 aliphatic rings.